The fraction of sp³-hybridized carbons (Fsp3) is 0.0500. The number of amides is 1. The number of hydrogen-bond donors (Lipinski definition) is 1. The van der Waals surface area contributed by atoms with Crippen LogP contribution in [0.4, 0.5) is 5.69 Å². The van der Waals surface area contributed by atoms with Crippen molar-refractivity contribution in [3.63, 3.8) is 0 Å². The van der Waals surface area contributed by atoms with Crippen LogP contribution < -0.4 is 5.32 Å². The van der Waals surface area contributed by atoms with Crippen molar-refractivity contribution in [3.8, 4) is 0 Å². The third-order valence-electron chi connectivity index (χ3n) is 3.85. The molecule has 4 nitrogen and oxygen atoms in total. The van der Waals surface area contributed by atoms with E-state index in [-0.39, 0.29) is 5.91 Å². The van der Waals surface area contributed by atoms with Crippen LogP contribution in [0.25, 0.3) is 21.8 Å². The molecule has 0 saturated carbocycles. The van der Waals surface area contributed by atoms with Crippen molar-refractivity contribution in [2.45, 2.75) is 5.03 Å². The molecular weight excluding hydrogens is 330 g/mol. The molecule has 0 fully saturated rings. The van der Waals surface area contributed by atoms with Crippen molar-refractivity contribution in [3.05, 3.63) is 72.9 Å². The Bertz CT molecular complexity index is 1060. The number of anilines is 1. The maximum absolute atomic E-state index is 12.3. The fourth-order valence-corrected chi connectivity index (χ4v) is 3.34. The first-order valence-corrected chi connectivity index (χ1v) is 8.90. The molecule has 0 atom stereocenters. The van der Waals surface area contributed by atoms with Crippen molar-refractivity contribution in [2.24, 2.45) is 0 Å². The maximum Gasteiger partial charge on any atom is 0.234 e. The number of nitrogens with zero attached hydrogens (tertiary/aromatic N) is 2. The molecule has 2 aromatic carbocycles. The fourth-order valence-electron chi connectivity index (χ4n) is 2.66. The highest BCUT2D eigenvalue weighted by Crippen LogP contribution is 2.23. The average molecular weight is 345 g/mol. The van der Waals surface area contributed by atoms with E-state index in [2.05, 4.69) is 15.3 Å². The lowest BCUT2D eigenvalue weighted by molar-refractivity contribution is -0.113. The van der Waals surface area contributed by atoms with Gasteiger partial charge in [-0.1, -0.05) is 54.2 Å². The number of rotatable bonds is 4. The minimum atomic E-state index is -0.0590. The van der Waals surface area contributed by atoms with Gasteiger partial charge in [-0.2, -0.15) is 0 Å². The molecule has 25 heavy (non-hydrogen) atoms. The van der Waals surface area contributed by atoms with Crippen molar-refractivity contribution < 1.29 is 4.79 Å². The van der Waals surface area contributed by atoms with E-state index in [9.17, 15) is 4.79 Å². The Morgan fingerprint density at radius 1 is 0.920 bits per heavy atom. The molecule has 1 amide bonds. The summed E-state index contributed by atoms with van der Waals surface area (Å²) in [5.74, 6) is 0.249. The van der Waals surface area contributed by atoms with E-state index in [0.29, 0.717) is 5.75 Å². The highest BCUT2D eigenvalue weighted by Gasteiger charge is 2.08. The number of pyridine rings is 2. The molecule has 0 saturated heterocycles. The van der Waals surface area contributed by atoms with Gasteiger partial charge < -0.3 is 5.32 Å². The van der Waals surface area contributed by atoms with Gasteiger partial charge in [-0.15, -0.1) is 0 Å². The summed E-state index contributed by atoms with van der Waals surface area (Å²) in [6.07, 6.45) is 1.70. The second kappa shape index (κ2) is 6.91. The number of benzene rings is 2. The molecule has 2 aromatic heterocycles. The van der Waals surface area contributed by atoms with E-state index in [4.69, 9.17) is 0 Å². The van der Waals surface area contributed by atoms with Crippen molar-refractivity contribution in [1.29, 1.82) is 0 Å². The number of thioether (sulfide) groups is 1. The Hall–Kier alpha value is -2.92. The molecular formula is C20H15N3OS. The predicted octanol–water partition coefficient (Wildman–Crippen LogP) is 4.51. The molecule has 122 valence electrons. The van der Waals surface area contributed by atoms with E-state index in [1.807, 2.05) is 66.7 Å². The summed E-state index contributed by atoms with van der Waals surface area (Å²) in [5.41, 5.74) is 2.58. The summed E-state index contributed by atoms with van der Waals surface area (Å²) in [6, 6.07) is 21.5. The predicted molar refractivity (Wildman–Crippen MR) is 103 cm³/mol. The van der Waals surface area contributed by atoms with Crippen LogP contribution in [-0.4, -0.2) is 21.6 Å². The summed E-state index contributed by atoms with van der Waals surface area (Å²) in [4.78, 5) is 21.2. The quantitative estimate of drug-likeness (QED) is 0.553. The number of nitrogens with one attached hydrogen (secondary N) is 1. The first-order valence-electron chi connectivity index (χ1n) is 7.92. The molecule has 1 N–H and O–H groups in total. The van der Waals surface area contributed by atoms with Gasteiger partial charge in [-0.25, -0.2) is 4.98 Å². The summed E-state index contributed by atoms with van der Waals surface area (Å²) in [6.45, 7) is 0. The lowest BCUT2D eigenvalue weighted by atomic mass is 10.2. The molecule has 0 spiro atoms. The maximum atomic E-state index is 12.3. The first kappa shape index (κ1) is 15.6. The van der Waals surface area contributed by atoms with Gasteiger partial charge in [0, 0.05) is 17.0 Å². The highest BCUT2D eigenvalue weighted by molar-refractivity contribution is 7.99. The van der Waals surface area contributed by atoms with E-state index in [1.54, 1.807) is 6.20 Å². The number of fused-ring (bicyclic) bond motifs is 2. The SMILES string of the molecule is O=C(CSc1ccc2ccccc2n1)Nc1ccnc2ccccc12. The zero-order valence-corrected chi connectivity index (χ0v) is 14.2. The second-order valence-corrected chi connectivity index (χ2v) is 6.55. The van der Waals surface area contributed by atoms with Crippen LogP contribution in [0.5, 0.6) is 0 Å². The Morgan fingerprint density at radius 2 is 1.72 bits per heavy atom. The largest absolute Gasteiger partial charge is 0.325 e. The van der Waals surface area contributed by atoms with Gasteiger partial charge in [0.05, 0.1) is 27.5 Å². The molecule has 4 aromatic rings. The Morgan fingerprint density at radius 3 is 2.64 bits per heavy atom. The summed E-state index contributed by atoms with van der Waals surface area (Å²) < 4.78 is 0. The van der Waals surface area contributed by atoms with Gasteiger partial charge in [0.2, 0.25) is 5.91 Å². The van der Waals surface area contributed by atoms with Gasteiger partial charge >= 0.3 is 0 Å². The van der Waals surface area contributed by atoms with Crippen LogP contribution in [0.3, 0.4) is 0 Å². The monoisotopic (exact) mass is 345 g/mol. The topological polar surface area (TPSA) is 54.9 Å². The van der Waals surface area contributed by atoms with Crippen LogP contribution >= 0.6 is 11.8 Å². The molecule has 2 heterocycles. The van der Waals surface area contributed by atoms with Gasteiger partial charge in [0.1, 0.15) is 0 Å². The molecule has 0 aliphatic rings. The minimum absolute atomic E-state index is 0.0590. The number of para-hydroxylation sites is 2. The van der Waals surface area contributed by atoms with E-state index >= 15 is 0 Å². The summed E-state index contributed by atoms with van der Waals surface area (Å²) in [7, 11) is 0. The Kier molecular flexibility index (Phi) is 4.31. The van der Waals surface area contributed by atoms with Crippen LogP contribution in [0.15, 0.2) is 78.0 Å². The van der Waals surface area contributed by atoms with Crippen molar-refractivity contribution in [1.82, 2.24) is 9.97 Å². The number of carbonyl (C=O) groups is 1. The number of aromatic nitrogens is 2. The van der Waals surface area contributed by atoms with Gasteiger partial charge in [-0.3, -0.25) is 9.78 Å². The first-order chi connectivity index (χ1) is 12.3. The molecule has 0 radical (unpaired) electrons. The standard InChI is InChI=1S/C20H15N3OS/c24-19(22-18-11-12-21-17-8-4-2-6-15(17)18)13-25-20-10-9-14-5-1-3-7-16(14)23-20/h1-12H,13H2,(H,21,22,24). The second-order valence-electron chi connectivity index (χ2n) is 5.55. The minimum Gasteiger partial charge on any atom is -0.325 e. The highest BCUT2D eigenvalue weighted by atomic mass is 32.2. The van der Waals surface area contributed by atoms with Crippen LogP contribution in [0.1, 0.15) is 0 Å². The lowest BCUT2D eigenvalue weighted by Crippen LogP contribution is -2.14. The molecule has 0 aliphatic heterocycles. The average Bonchev–Trinajstić information content (AvgIpc) is 2.66. The van der Waals surface area contributed by atoms with Crippen LogP contribution in [0.2, 0.25) is 0 Å². The van der Waals surface area contributed by atoms with Gasteiger partial charge in [0.15, 0.2) is 0 Å². The molecule has 0 bridgehead atoms. The third kappa shape index (κ3) is 3.46. The zero-order chi connectivity index (χ0) is 17.1. The Balaban J connectivity index is 1.46. The molecule has 0 unspecified atom stereocenters. The van der Waals surface area contributed by atoms with Crippen LogP contribution in [-0.2, 0) is 4.79 Å². The van der Waals surface area contributed by atoms with E-state index in [0.717, 1.165) is 32.5 Å². The third-order valence-corrected chi connectivity index (χ3v) is 4.78. The smallest absolute Gasteiger partial charge is 0.234 e. The molecule has 5 heteroatoms. The number of carbonyl (C=O) groups excluding carboxylic acids is 1. The van der Waals surface area contributed by atoms with E-state index < -0.39 is 0 Å². The Labute approximate surface area is 149 Å². The zero-order valence-electron chi connectivity index (χ0n) is 13.3. The molecule has 0 aliphatic carbocycles. The van der Waals surface area contributed by atoms with Crippen molar-refractivity contribution >= 4 is 45.2 Å². The van der Waals surface area contributed by atoms with E-state index in [1.165, 1.54) is 11.8 Å². The van der Waals surface area contributed by atoms with Crippen molar-refractivity contribution in [2.75, 3.05) is 11.1 Å². The van der Waals surface area contributed by atoms with Crippen LogP contribution in [0, 0.1) is 0 Å². The summed E-state index contributed by atoms with van der Waals surface area (Å²) in [5, 5.41) is 5.84. The van der Waals surface area contributed by atoms with Gasteiger partial charge in [0.25, 0.3) is 0 Å². The molecule has 4 rings (SSSR count). The summed E-state index contributed by atoms with van der Waals surface area (Å²) >= 11 is 1.43. The van der Waals surface area contributed by atoms with Gasteiger partial charge in [-0.05, 0) is 24.3 Å². The normalized spacial score (nSPS) is 10.9. The lowest BCUT2D eigenvalue weighted by Gasteiger charge is -2.08. The number of hydrogen-bond acceptors (Lipinski definition) is 4.